The lowest BCUT2D eigenvalue weighted by Crippen LogP contribution is -2.47. The number of carbonyl (C=O) groups excluding carboxylic acids is 8. The van der Waals surface area contributed by atoms with Gasteiger partial charge in [-0.05, 0) is 119 Å². The molecule has 550 valence electrons. The van der Waals surface area contributed by atoms with Gasteiger partial charge in [0.2, 0.25) is 0 Å². The first-order valence-electron chi connectivity index (χ1n) is 31.1. The number of alkyl carbamates (subject to hydrolysis) is 4. The van der Waals surface area contributed by atoms with Crippen LogP contribution in [0.3, 0.4) is 0 Å². The number of hydrogen-bond acceptors (Lipinski definition) is 23. The van der Waals surface area contributed by atoms with Crippen LogP contribution in [0.25, 0.3) is 0 Å². The van der Waals surface area contributed by atoms with E-state index in [1.165, 1.54) is 7.11 Å². The van der Waals surface area contributed by atoms with Gasteiger partial charge in [0.1, 0.15) is 17.2 Å². The van der Waals surface area contributed by atoms with Gasteiger partial charge in [0.25, 0.3) is 0 Å². The van der Waals surface area contributed by atoms with Crippen LogP contribution in [-0.2, 0) is 107 Å². The summed E-state index contributed by atoms with van der Waals surface area (Å²) in [6, 6.07) is 33.4. The van der Waals surface area contributed by atoms with E-state index in [9.17, 15) is 43.2 Å². The molecule has 0 spiro atoms. The fraction of sp³-hybridized carbons (Fsp3) is 0.522. The van der Waals surface area contributed by atoms with E-state index >= 15 is 0 Å². The molecule has 4 rings (SSSR count). The molecule has 8 N–H and O–H groups in total. The molecule has 98 heavy (non-hydrogen) atoms. The number of nitrogens with one attached hydrogen (secondary N) is 4. The molecule has 0 radical (unpaired) electrons. The zero-order valence-electron chi connectivity index (χ0n) is 59.1. The number of aliphatic hydroxyl groups excluding tert-OH is 1. The van der Waals surface area contributed by atoms with Crippen LogP contribution in [0.15, 0.2) is 121 Å². The van der Waals surface area contributed by atoms with Crippen molar-refractivity contribution in [3.05, 3.63) is 144 Å². The van der Waals surface area contributed by atoms with E-state index in [1.807, 2.05) is 121 Å². The number of carboxylic acids is 1. The van der Waals surface area contributed by atoms with E-state index in [0.717, 1.165) is 29.4 Å². The third-order valence-electron chi connectivity index (χ3n) is 11.0. The third kappa shape index (κ3) is 49.0. The summed E-state index contributed by atoms with van der Waals surface area (Å²) in [4.78, 5) is 103. The van der Waals surface area contributed by atoms with Gasteiger partial charge in [-0.25, -0.2) is 38.4 Å². The molecule has 0 aromatic heterocycles. The van der Waals surface area contributed by atoms with Gasteiger partial charge in [-0.1, -0.05) is 121 Å². The molecule has 0 unspecified atom stereocenters. The molecule has 4 aromatic carbocycles. The minimum Gasteiger partial charge on any atom is -0.480 e. The van der Waals surface area contributed by atoms with Gasteiger partial charge < -0.3 is 94.1 Å². The maximum Gasteiger partial charge on any atom is 0.408 e. The first-order chi connectivity index (χ1) is 45.6. The molecule has 0 heterocycles. The lowest BCUT2D eigenvalue weighted by Gasteiger charge is -2.23. The van der Waals surface area contributed by atoms with Crippen LogP contribution in [0.4, 0.5) is 19.2 Å². The second-order valence-corrected chi connectivity index (χ2v) is 23.8. The van der Waals surface area contributed by atoms with Crippen LogP contribution < -0.4 is 27.0 Å². The number of halogens is 1. The summed E-state index contributed by atoms with van der Waals surface area (Å²) in [5.74, 6) is -3.39. The van der Waals surface area contributed by atoms with Gasteiger partial charge in [0.15, 0.2) is 24.2 Å². The number of methoxy groups -OCH3 is 2. The number of ether oxygens (including phenoxy) is 12. The molecule has 0 aliphatic heterocycles. The molecule has 29 heteroatoms. The van der Waals surface area contributed by atoms with Crippen molar-refractivity contribution in [2.45, 2.75) is 189 Å². The van der Waals surface area contributed by atoms with E-state index in [0.29, 0.717) is 19.8 Å². The summed E-state index contributed by atoms with van der Waals surface area (Å²) in [5, 5.41) is 27.2. The summed E-state index contributed by atoms with van der Waals surface area (Å²) >= 11 is 0. The highest BCUT2D eigenvalue weighted by Gasteiger charge is 2.29. The van der Waals surface area contributed by atoms with Gasteiger partial charge in [0, 0.05) is 0 Å². The van der Waals surface area contributed by atoms with Gasteiger partial charge >= 0.3 is 54.2 Å². The molecule has 5 atom stereocenters. The predicted octanol–water partition coefficient (Wildman–Crippen LogP) is 8.67. The van der Waals surface area contributed by atoms with Crippen molar-refractivity contribution in [1.82, 2.24) is 21.3 Å². The van der Waals surface area contributed by atoms with E-state index < -0.39 is 102 Å². The smallest absolute Gasteiger partial charge is 0.408 e. The number of nitrogens with two attached hydrogens (primary N) is 1. The first-order valence-corrected chi connectivity index (χ1v) is 31.1. The van der Waals surface area contributed by atoms with E-state index in [2.05, 4.69) is 30.7 Å². The van der Waals surface area contributed by atoms with Crippen molar-refractivity contribution in [3.63, 3.8) is 0 Å². The number of carboxylic acid groups (broad SMARTS) is 1. The minimum absolute atomic E-state index is 0. The Morgan fingerprint density at radius 2 is 0.633 bits per heavy atom. The fourth-order valence-corrected chi connectivity index (χ4v) is 6.81. The molecule has 4 amide bonds. The molecular formula is C69H104ClN5O23. The first kappa shape index (κ1) is 91.4. The van der Waals surface area contributed by atoms with Crippen molar-refractivity contribution in [3.8, 4) is 0 Å². The van der Waals surface area contributed by atoms with Crippen molar-refractivity contribution in [1.29, 1.82) is 0 Å². The average molecular weight is 1410 g/mol. The topological polar surface area (TPSA) is 379 Å². The summed E-state index contributed by atoms with van der Waals surface area (Å²) in [6.45, 7) is 25.1. The molecule has 0 aliphatic carbocycles. The number of carbonyl (C=O) groups is 9. The number of esters is 4. The Morgan fingerprint density at radius 1 is 0.388 bits per heavy atom. The number of aliphatic hydroxyl groups is 1. The van der Waals surface area contributed by atoms with Gasteiger partial charge in [-0.2, -0.15) is 0 Å². The van der Waals surface area contributed by atoms with Gasteiger partial charge in [-0.15, -0.1) is 12.4 Å². The van der Waals surface area contributed by atoms with Gasteiger partial charge in [0.05, 0.1) is 98.1 Å². The summed E-state index contributed by atoms with van der Waals surface area (Å²) in [7, 11) is 2.39. The van der Waals surface area contributed by atoms with Crippen molar-refractivity contribution < 1.29 is 110 Å². The Labute approximate surface area is 581 Å². The van der Waals surface area contributed by atoms with Gasteiger partial charge in [-0.3, -0.25) is 4.79 Å². The fourth-order valence-electron chi connectivity index (χ4n) is 6.81. The Bertz CT molecular complexity index is 2860. The highest BCUT2D eigenvalue weighted by molar-refractivity contribution is 5.85. The predicted molar refractivity (Wildman–Crippen MR) is 364 cm³/mol. The molecule has 0 fully saturated rings. The molecule has 4 aromatic rings. The molecule has 0 aliphatic rings. The number of rotatable bonds is 30. The Morgan fingerprint density at radius 3 is 0.898 bits per heavy atom. The molecular weight excluding hydrogens is 1300 g/mol. The number of benzene rings is 4. The number of hydrogen-bond donors (Lipinski definition) is 7. The van der Waals surface area contributed by atoms with Crippen LogP contribution in [0, 0.1) is 0 Å². The quantitative estimate of drug-likeness (QED) is 0.0189. The Balaban J connectivity index is 0. The summed E-state index contributed by atoms with van der Waals surface area (Å²) in [5.41, 5.74) is 8.23. The van der Waals surface area contributed by atoms with Crippen molar-refractivity contribution >= 4 is 66.6 Å². The van der Waals surface area contributed by atoms with Crippen LogP contribution in [-0.4, -0.2) is 178 Å². The van der Waals surface area contributed by atoms with Crippen LogP contribution in [0.5, 0.6) is 0 Å². The lowest BCUT2D eigenvalue weighted by molar-refractivity contribution is -0.152. The Hall–Kier alpha value is -8.64. The van der Waals surface area contributed by atoms with E-state index in [4.69, 9.17) is 63.3 Å². The van der Waals surface area contributed by atoms with Crippen molar-refractivity contribution in [2.75, 3.05) is 47.3 Å². The lowest BCUT2D eigenvalue weighted by atomic mass is 10.2. The standard InChI is InChI=1S/C18H27NO5.2C15H21NO5.C13H19NO3.C8H15NO5.ClH/c1-13(2)23-16(20)15(19-17(21)24-18(3,4)5)12-22-11-14-9-7-6-8-10-14;1-15(2,3)21-14(19)16-12(13(17)18)10-20-9-11-7-5-4-6-8-11;1-11(2)21-14(17)13(16-15(18)19-3)10-20-9-12-7-5-4-6-8-12;1-10(2)17-13(15)12(14)9-16-8-11-6-4-3-5-7-11;1-5(2)14-7(11)6(4-10)9-8(12)13-3;/h6-10,13,15H,11-12H2,1-5H3,(H,19,21);4-8,12H,9-10H2,1-3H3,(H,16,19)(H,17,18);4-8,11,13H,9-10H2,1-3H3,(H,16,18);3-7,10,12H,8-9,14H2,1-2H3;5-6,10H,4H2,1-3H3,(H,9,12);1H/t15-;12-;13-;12-;6-;/m00000./s1. The van der Waals surface area contributed by atoms with E-state index in [1.54, 1.807) is 96.9 Å². The zero-order valence-corrected chi connectivity index (χ0v) is 59.9. The average Bonchev–Trinajstić information content (AvgIpc) is 1.06. The molecule has 0 saturated carbocycles. The van der Waals surface area contributed by atoms with E-state index in [-0.39, 0.29) is 69.9 Å². The number of aliphatic carboxylic acids is 1. The second kappa shape index (κ2) is 51.6. The highest BCUT2D eigenvalue weighted by Crippen LogP contribution is 2.11. The van der Waals surface area contributed by atoms with Crippen LogP contribution in [0.2, 0.25) is 0 Å². The SMILES string of the molecule is CC(C)(C)OC(=O)N[C@@H](COCc1ccccc1)C(=O)O.CC(C)OC(=O)[C@@H](N)COCc1ccccc1.CC(C)OC(=O)[C@H](COCc1ccccc1)NC(=O)OC(C)(C)C.COC(=O)N[C@@H](CO)C(=O)OC(C)C.COC(=O)N[C@@H](COCc1ccccc1)C(=O)OC(C)C.Cl. The molecule has 0 saturated heterocycles. The second-order valence-electron chi connectivity index (χ2n) is 23.8. The zero-order chi connectivity index (χ0) is 73.5. The highest BCUT2D eigenvalue weighted by atomic mass is 35.5. The maximum absolute atomic E-state index is 12.1. The molecule has 0 bridgehead atoms. The minimum atomic E-state index is -1.17. The third-order valence-corrected chi connectivity index (χ3v) is 11.0. The molecule has 28 nitrogen and oxygen atoms in total. The summed E-state index contributed by atoms with van der Waals surface area (Å²) in [6.07, 6.45) is -3.95. The summed E-state index contributed by atoms with van der Waals surface area (Å²) < 4.78 is 60.6. The largest absolute Gasteiger partial charge is 0.480 e. The maximum atomic E-state index is 12.1. The normalized spacial score (nSPS) is 12.2. The van der Waals surface area contributed by atoms with Crippen LogP contribution >= 0.6 is 12.4 Å². The van der Waals surface area contributed by atoms with Crippen molar-refractivity contribution in [2.24, 2.45) is 5.73 Å². The monoisotopic (exact) mass is 1410 g/mol. The Kier molecular flexibility index (Phi) is 48.1. The van der Waals surface area contributed by atoms with Crippen LogP contribution in [0.1, 0.15) is 119 Å². The number of amides is 4.